The van der Waals surface area contributed by atoms with Gasteiger partial charge in [0.2, 0.25) is 0 Å². The first-order chi connectivity index (χ1) is 14.1. The van der Waals surface area contributed by atoms with Crippen LogP contribution in [0.5, 0.6) is 0 Å². The quantitative estimate of drug-likeness (QED) is 0.636. The van der Waals surface area contributed by atoms with Crippen LogP contribution in [-0.4, -0.2) is 48.0 Å². The first-order valence-corrected chi connectivity index (χ1v) is 11.1. The molecular weight excluding hydrogens is 370 g/mol. The van der Waals surface area contributed by atoms with E-state index in [9.17, 15) is 8.78 Å². The summed E-state index contributed by atoms with van der Waals surface area (Å²) < 4.78 is 27.7. The van der Waals surface area contributed by atoms with Crippen LogP contribution in [-0.2, 0) is 12.8 Å². The van der Waals surface area contributed by atoms with E-state index in [2.05, 4.69) is 27.7 Å². The number of halogens is 2. The van der Waals surface area contributed by atoms with E-state index in [-0.39, 0.29) is 6.42 Å². The smallest absolute Gasteiger partial charge is 0.272 e. The molecule has 4 rings (SSSR count). The van der Waals surface area contributed by atoms with Gasteiger partial charge in [-0.2, -0.15) is 0 Å². The summed E-state index contributed by atoms with van der Waals surface area (Å²) in [5, 5.41) is 6.77. The number of aromatic nitrogens is 1. The maximum Gasteiger partial charge on any atom is 0.272 e. The Balaban J connectivity index is 1.27. The molecule has 0 amide bonds. The number of hydrogen-bond donors (Lipinski definition) is 2. The van der Waals surface area contributed by atoms with E-state index >= 15 is 0 Å². The van der Waals surface area contributed by atoms with E-state index in [1.165, 1.54) is 18.1 Å². The molecule has 2 aliphatic heterocycles. The second kappa shape index (κ2) is 9.24. The van der Waals surface area contributed by atoms with E-state index in [1.807, 2.05) is 6.08 Å². The number of anilines is 1. The molecule has 3 aliphatic rings. The molecule has 6 heteroatoms. The van der Waals surface area contributed by atoms with Gasteiger partial charge in [-0.05, 0) is 68.9 Å². The van der Waals surface area contributed by atoms with Gasteiger partial charge in [0.1, 0.15) is 5.82 Å². The fourth-order valence-electron chi connectivity index (χ4n) is 4.60. The van der Waals surface area contributed by atoms with Crippen LogP contribution in [0.15, 0.2) is 36.1 Å². The molecule has 0 spiro atoms. The summed E-state index contributed by atoms with van der Waals surface area (Å²) in [6, 6.07) is 4.70. The molecule has 29 heavy (non-hydrogen) atoms. The Morgan fingerprint density at radius 3 is 2.93 bits per heavy atom. The number of allylic oxidation sites excluding steroid dienone is 4. The van der Waals surface area contributed by atoms with E-state index in [4.69, 9.17) is 4.98 Å². The molecule has 0 radical (unpaired) electrons. The minimum absolute atomic E-state index is 0.175. The average molecular weight is 403 g/mol. The Bertz CT molecular complexity index is 753. The van der Waals surface area contributed by atoms with Crippen molar-refractivity contribution < 1.29 is 8.78 Å². The number of alkyl halides is 2. The summed E-state index contributed by atoms with van der Waals surface area (Å²) in [4.78, 5) is 7.00. The van der Waals surface area contributed by atoms with Gasteiger partial charge in [0.25, 0.3) is 5.92 Å². The molecule has 4 nitrogen and oxygen atoms in total. The van der Waals surface area contributed by atoms with Crippen LogP contribution in [0.3, 0.4) is 0 Å². The molecular formula is C23H32F2N4. The molecule has 1 aromatic rings. The average Bonchev–Trinajstić information content (AvgIpc) is 3.24. The Labute approximate surface area is 172 Å². The molecule has 1 fully saturated rings. The summed E-state index contributed by atoms with van der Waals surface area (Å²) in [5.74, 6) is -1.66. The number of pyridine rings is 1. The van der Waals surface area contributed by atoms with Gasteiger partial charge in [-0.1, -0.05) is 18.6 Å². The fraction of sp³-hybridized carbons (Fsp3) is 0.609. The topological polar surface area (TPSA) is 40.2 Å². The van der Waals surface area contributed by atoms with Crippen molar-refractivity contribution in [3.05, 3.63) is 47.3 Å². The fourth-order valence-corrected chi connectivity index (χ4v) is 4.60. The van der Waals surface area contributed by atoms with Crippen LogP contribution in [0.2, 0.25) is 0 Å². The molecule has 0 unspecified atom stereocenters. The van der Waals surface area contributed by atoms with E-state index in [1.54, 1.807) is 0 Å². The normalized spacial score (nSPS) is 22.7. The summed E-state index contributed by atoms with van der Waals surface area (Å²) in [6.07, 6.45) is 11.7. The van der Waals surface area contributed by atoms with Gasteiger partial charge in [0.05, 0.1) is 6.42 Å². The molecule has 1 aliphatic carbocycles. The first-order valence-electron chi connectivity index (χ1n) is 11.1. The zero-order valence-corrected chi connectivity index (χ0v) is 17.1. The van der Waals surface area contributed by atoms with Crippen molar-refractivity contribution in [3.8, 4) is 0 Å². The van der Waals surface area contributed by atoms with Gasteiger partial charge in [0.15, 0.2) is 0 Å². The van der Waals surface area contributed by atoms with Crippen molar-refractivity contribution in [2.75, 3.05) is 31.5 Å². The number of nitrogens with zero attached hydrogens (tertiary/aromatic N) is 2. The predicted molar refractivity (Wildman–Crippen MR) is 113 cm³/mol. The lowest BCUT2D eigenvalue weighted by atomic mass is 10.0. The highest BCUT2D eigenvalue weighted by molar-refractivity contribution is 5.47. The van der Waals surface area contributed by atoms with Crippen LogP contribution in [0.1, 0.15) is 49.8 Å². The van der Waals surface area contributed by atoms with Crippen LogP contribution < -0.4 is 10.6 Å². The van der Waals surface area contributed by atoms with Gasteiger partial charge >= 0.3 is 0 Å². The van der Waals surface area contributed by atoms with Crippen molar-refractivity contribution in [3.63, 3.8) is 0 Å². The van der Waals surface area contributed by atoms with E-state index < -0.39 is 5.92 Å². The Morgan fingerprint density at radius 2 is 2.10 bits per heavy atom. The minimum atomic E-state index is -2.72. The van der Waals surface area contributed by atoms with Crippen LogP contribution in [0.25, 0.3) is 0 Å². The lowest BCUT2D eigenvalue weighted by Crippen LogP contribution is -2.39. The lowest BCUT2D eigenvalue weighted by molar-refractivity contribution is 0.0428. The third-order valence-electron chi connectivity index (χ3n) is 6.17. The van der Waals surface area contributed by atoms with E-state index in [0.29, 0.717) is 6.04 Å². The van der Waals surface area contributed by atoms with Crippen molar-refractivity contribution >= 4 is 5.82 Å². The molecule has 1 atom stereocenters. The number of aryl methyl sites for hydroxylation is 2. The van der Waals surface area contributed by atoms with Crippen LogP contribution in [0, 0.1) is 0 Å². The van der Waals surface area contributed by atoms with Gasteiger partial charge in [-0.15, -0.1) is 0 Å². The second-order valence-corrected chi connectivity index (χ2v) is 8.45. The highest BCUT2D eigenvalue weighted by atomic mass is 19.3. The van der Waals surface area contributed by atoms with Crippen LogP contribution >= 0.6 is 0 Å². The van der Waals surface area contributed by atoms with Gasteiger partial charge < -0.3 is 15.5 Å². The van der Waals surface area contributed by atoms with Crippen molar-refractivity contribution in [2.45, 2.75) is 63.3 Å². The SMILES string of the molecule is FC1(F)C=CC=C(N(CCCCCc2ccc3c(n2)NCCC3)[C@@H]2CCNC2)C1. The molecule has 0 aromatic carbocycles. The number of hydrogen-bond acceptors (Lipinski definition) is 4. The summed E-state index contributed by atoms with van der Waals surface area (Å²) in [5.41, 5.74) is 3.26. The molecule has 0 bridgehead atoms. The van der Waals surface area contributed by atoms with Crippen molar-refractivity contribution in [2.24, 2.45) is 0 Å². The third kappa shape index (κ3) is 5.35. The largest absolute Gasteiger partial charge is 0.370 e. The van der Waals surface area contributed by atoms with Crippen molar-refractivity contribution in [1.82, 2.24) is 15.2 Å². The minimum Gasteiger partial charge on any atom is -0.370 e. The van der Waals surface area contributed by atoms with E-state index in [0.717, 1.165) is 88.0 Å². The highest BCUT2D eigenvalue weighted by Gasteiger charge is 2.33. The third-order valence-corrected chi connectivity index (χ3v) is 6.17. The predicted octanol–water partition coefficient (Wildman–Crippen LogP) is 4.30. The number of unbranched alkanes of at least 4 members (excludes halogenated alkanes) is 2. The van der Waals surface area contributed by atoms with Crippen LogP contribution in [0.4, 0.5) is 14.6 Å². The standard InChI is InChI=1S/C23H32F2N4/c24-23(25)12-4-8-20(16-23)29(21-11-14-26-17-21)15-3-1-2-7-19-10-9-18-6-5-13-27-22(18)28-19/h4,8-10,12,21,26H,1-3,5-7,11,13-17H2,(H,27,28)/t21-/m1/s1. The lowest BCUT2D eigenvalue weighted by Gasteiger charge is -2.35. The summed E-state index contributed by atoms with van der Waals surface area (Å²) >= 11 is 0. The molecule has 158 valence electrons. The van der Waals surface area contributed by atoms with Gasteiger partial charge in [-0.3, -0.25) is 0 Å². The zero-order chi connectivity index (χ0) is 20.1. The Morgan fingerprint density at radius 1 is 1.17 bits per heavy atom. The Hall–Kier alpha value is -1.95. The molecule has 1 saturated heterocycles. The van der Waals surface area contributed by atoms with Gasteiger partial charge in [-0.25, -0.2) is 13.8 Å². The monoisotopic (exact) mass is 402 g/mol. The molecule has 1 aromatic heterocycles. The van der Waals surface area contributed by atoms with Crippen molar-refractivity contribution in [1.29, 1.82) is 0 Å². The molecule has 2 N–H and O–H groups in total. The van der Waals surface area contributed by atoms with Gasteiger partial charge in [0, 0.05) is 37.1 Å². The number of fused-ring (bicyclic) bond motifs is 1. The maximum absolute atomic E-state index is 13.9. The highest BCUT2D eigenvalue weighted by Crippen LogP contribution is 2.32. The zero-order valence-electron chi connectivity index (χ0n) is 17.1. The summed E-state index contributed by atoms with van der Waals surface area (Å²) in [7, 11) is 0. The Kier molecular flexibility index (Phi) is 6.48. The molecule has 0 saturated carbocycles. The first kappa shape index (κ1) is 20.3. The summed E-state index contributed by atoms with van der Waals surface area (Å²) in [6.45, 7) is 3.72. The maximum atomic E-state index is 13.9. The molecule has 3 heterocycles. The number of rotatable bonds is 8. The number of nitrogens with one attached hydrogen (secondary N) is 2. The second-order valence-electron chi connectivity index (χ2n) is 8.45.